The van der Waals surface area contributed by atoms with E-state index in [1.807, 2.05) is 49.5 Å². The Morgan fingerprint density at radius 2 is 1.61 bits per heavy atom. The average molecular weight is 376 g/mol. The van der Waals surface area contributed by atoms with Gasteiger partial charge >= 0.3 is 0 Å². The van der Waals surface area contributed by atoms with Crippen molar-refractivity contribution in [1.29, 1.82) is 0 Å². The molecule has 0 radical (unpaired) electrons. The van der Waals surface area contributed by atoms with E-state index in [1.165, 1.54) is 0 Å². The van der Waals surface area contributed by atoms with Crippen LogP contribution in [0.1, 0.15) is 36.6 Å². The van der Waals surface area contributed by atoms with Gasteiger partial charge in [0.15, 0.2) is 0 Å². The monoisotopic (exact) mass is 375 g/mol. The highest BCUT2D eigenvalue weighted by atomic mass is 16.1. The number of nitrogens with zero attached hydrogens (tertiary/aromatic N) is 2. The first-order valence-electron chi connectivity index (χ1n) is 9.86. The Morgan fingerprint density at radius 3 is 2.04 bits per heavy atom. The summed E-state index contributed by atoms with van der Waals surface area (Å²) in [7, 11) is 4.16. The first-order valence-corrected chi connectivity index (χ1v) is 9.86. The number of hydrogen-bond acceptors (Lipinski definition) is 3. The number of hydrogen-bond donors (Lipinski definition) is 1. The van der Waals surface area contributed by atoms with Gasteiger partial charge in [-0.15, -0.1) is 0 Å². The standard InChI is InChI=1S/C24H29N3O/c1-4-23(28)24(19-11-7-5-8-12-19,20-13-9-6-10-14-20)16-22(27(2)3)15-21-17-25-18-26-21/h5-14,17-18,22H,4,15-16H2,1-3H3,(H,25,26)/t22-/m0/s1. The number of H-pyrrole nitrogens is 1. The number of aromatic nitrogens is 2. The summed E-state index contributed by atoms with van der Waals surface area (Å²) in [6.07, 6.45) is 5.63. The molecule has 0 saturated heterocycles. The molecule has 1 aromatic heterocycles. The minimum absolute atomic E-state index is 0.166. The number of carbonyl (C=O) groups excluding carboxylic acids is 1. The van der Waals surface area contributed by atoms with Gasteiger partial charge in [0.05, 0.1) is 17.4 Å². The molecule has 0 aliphatic carbocycles. The van der Waals surface area contributed by atoms with Gasteiger partial charge in [0.1, 0.15) is 5.78 Å². The number of nitrogens with one attached hydrogen (secondary N) is 1. The molecule has 28 heavy (non-hydrogen) atoms. The molecule has 0 bridgehead atoms. The molecule has 1 heterocycles. The molecular weight excluding hydrogens is 346 g/mol. The van der Waals surface area contributed by atoms with Gasteiger partial charge in [-0.05, 0) is 31.6 Å². The van der Waals surface area contributed by atoms with E-state index in [0.29, 0.717) is 12.8 Å². The first kappa shape index (κ1) is 20.0. The number of Topliss-reactive ketones (excluding diaryl/α,β-unsaturated/α-hetero) is 1. The van der Waals surface area contributed by atoms with Gasteiger partial charge in [-0.1, -0.05) is 67.6 Å². The van der Waals surface area contributed by atoms with Crippen LogP contribution in [0.4, 0.5) is 0 Å². The fourth-order valence-corrected chi connectivity index (χ4v) is 4.02. The van der Waals surface area contributed by atoms with Crippen LogP contribution < -0.4 is 0 Å². The van der Waals surface area contributed by atoms with Crippen LogP contribution in [-0.4, -0.2) is 40.8 Å². The molecule has 0 fully saturated rings. The van der Waals surface area contributed by atoms with Crippen LogP contribution >= 0.6 is 0 Å². The Bertz CT molecular complexity index is 818. The van der Waals surface area contributed by atoms with Gasteiger partial charge in [-0.3, -0.25) is 4.79 Å². The summed E-state index contributed by atoms with van der Waals surface area (Å²) in [5, 5.41) is 0. The van der Waals surface area contributed by atoms with Crippen LogP contribution in [0.2, 0.25) is 0 Å². The molecule has 146 valence electrons. The van der Waals surface area contributed by atoms with Crippen LogP contribution in [0, 0.1) is 0 Å². The van der Waals surface area contributed by atoms with Crippen molar-refractivity contribution in [3.05, 3.63) is 90.0 Å². The number of imidazole rings is 1. The molecule has 1 atom stereocenters. The maximum absolute atomic E-state index is 13.6. The van der Waals surface area contributed by atoms with E-state index in [1.54, 1.807) is 6.33 Å². The maximum Gasteiger partial charge on any atom is 0.147 e. The van der Waals surface area contributed by atoms with Crippen molar-refractivity contribution in [2.45, 2.75) is 37.6 Å². The second-order valence-electron chi connectivity index (χ2n) is 7.50. The van der Waals surface area contributed by atoms with E-state index >= 15 is 0 Å². The van der Waals surface area contributed by atoms with Crippen LogP contribution in [0.3, 0.4) is 0 Å². The summed E-state index contributed by atoms with van der Waals surface area (Å²) in [4.78, 5) is 23.2. The Kier molecular flexibility index (Phi) is 6.42. The summed E-state index contributed by atoms with van der Waals surface area (Å²) in [6.45, 7) is 1.96. The van der Waals surface area contributed by atoms with Crippen molar-refractivity contribution in [1.82, 2.24) is 14.9 Å². The zero-order valence-electron chi connectivity index (χ0n) is 16.9. The Labute approximate surface area is 167 Å². The van der Waals surface area contributed by atoms with E-state index in [2.05, 4.69) is 53.2 Å². The highest BCUT2D eigenvalue weighted by Crippen LogP contribution is 2.40. The van der Waals surface area contributed by atoms with E-state index in [9.17, 15) is 4.79 Å². The van der Waals surface area contributed by atoms with Gasteiger partial charge < -0.3 is 9.88 Å². The summed E-state index contributed by atoms with van der Waals surface area (Å²) in [5.41, 5.74) is 2.45. The lowest BCUT2D eigenvalue weighted by molar-refractivity contribution is -0.123. The number of carbonyl (C=O) groups is 1. The molecule has 4 heteroatoms. The lowest BCUT2D eigenvalue weighted by Gasteiger charge is -2.38. The number of ketones is 1. The highest BCUT2D eigenvalue weighted by molar-refractivity contribution is 5.93. The van der Waals surface area contributed by atoms with Gasteiger partial charge in [-0.2, -0.15) is 0 Å². The van der Waals surface area contributed by atoms with Crippen molar-refractivity contribution in [3.8, 4) is 0 Å². The Morgan fingerprint density at radius 1 is 1.04 bits per heavy atom. The van der Waals surface area contributed by atoms with Crippen molar-refractivity contribution in [2.24, 2.45) is 0 Å². The third-order valence-electron chi connectivity index (χ3n) is 5.60. The Balaban J connectivity index is 2.12. The fourth-order valence-electron chi connectivity index (χ4n) is 4.02. The van der Waals surface area contributed by atoms with Gasteiger partial charge in [-0.25, -0.2) is 4.98 Å². The third kappa shape index (κ3) is 4.07. The van der Waals surface area contributed by atoms with Crippen molar-refractivity contribution in [2.75, 3.05) is 14.1 Å². The van der Waals surface area contributed by atoms with Crippen LogP contribution in [0.15, 0.2) is 73.2 Å². The van der Waals surface area contributed by atoms with Gasteiger partial charge in [0.25, 0.3) is 0 Å². The number of benzene rings is 2. The van der Waals surface area contributed by atoms with Gasteiger partial charge in [0.2, 0.25) is 0 Å². The SMILES string of the molecule is CCC(=O)C(C[C@H](Cc1c[nH]cn1)N(C)C)(c1ccccc1)c1ccccc1. The summed E-state index contributed by atoms with van der Waals surface area (Å²) >= 11 is 0. The molecule has 1 N–H and O–H groups in total. The van der Waals surface area contributed by atoms with Crippen molar-refractivity contribution >= 4 is 5.78 Å². The fraction of sp³-hybridized carbons (Fsp3) is 0.333. The molecule has 0 aliphatic heterocycles. The minimum Gasteiger partial charge on any atom is -0.351 e. The summed E-state index contributed by atoms with van der Waals surface area (Å²) < 4.78 is 0. The molecule has 4 nitrogen and oxygen atoms in total. The topological polar surface area (TPSA) is 49.0 Å². The van der Waals surface area contributed by atoms with Crippen molar-refractivity contribution in [3.63, 3.8) is 0 Å². The smallest absolute Gasteiger partial charge is 0.147 e. The second kappa shape index (κ2) is 8.98. The molecule has 3 aromatic rings. The maximum atomic E-state index is 13.6. The van der Waals surface area contributed by atoms with Crippen LogP contribution in [0.25, 0.3) is 0 Å². The molecule has 0 saturated carbocycles. The predicted octanol–water partition coefficient (Wildman–Crippen LogP) is 4.24. The largest absolute Gasteiger partial charge is 0.351 e. The first-order chi connectivity index (χ1) is 13.6. The second-order valence-corrected chi connectivity index (χ2v) is 7.50. The molecule has 0 spiro atoms. The quantitative estimate of drug-likeness (QED) is 0.609. The highest BCUT2D eigenvalue weighted by Gasteiger charge is 2.42. The molecular formula is C24H29N3O. The van der Waals surface area contributed by atoms with E-state index in [-0.39, 0.29) is 11.8 Å². The Hall–Kier alpha value is -2.72. The molecule has 0 aliphatic rings. The molecule has 0 amide bonds. The zero-order chi connectivity index (χ0) is 20.0. The third-order valence-corrected chi connectivity index (χ3v) is 5.60. The minimum atomic E-state index is -0.678. The van der Waals surface area contributed by atoms with E-state index in [0.717, 1.165) is 23.2 Å². The van der Waals surface area contributed by atoms with Crippen LogP contribution in [0.5, 0.6) is 0 Å². The van der Waals surface area contributed by atoms with E-state index < -0.39 is 5.41 Å². The van der Waals surface area contributed by atoms with Crippen LogP contribution in [-0.2, 0) is 16.6 Å². The molecule has 3 rings (SSSR count). The number of rotatable bonds is 9. The lowest BCUT2D eigenvalue weighted by atomic mass is 9.66. The van der Waals surface area contributed by atoms with E-state index in [4.69, 9.17) is 0 Å². The lowest BCUT2D eigenvalue weighted by Crippen LogP contribution is -2.44. The number of aromatic amines is 1. The van der Waals surface area contributed by atoms with Crippen molar-refractivity contribution < 1.29 is 4.79 Å². The molecule has 2 aromatic carbocycles. The predicted molar refractivity (Wildman–Crippen MR) is 113 cm³/mol. The number of likely N-dealkylation sites (N-methyl/N-ethyl adjacent to an activating group) is 1. The van der Waals surface area contributed by atoms with Gasteiger partial charge in [0, 0.05) is 25.1 Å². The summed E-state index contributed by atoms with van der Waals surface area (Å²) in [6, 6.07) is 20.6. The average Bonchev–Trinajstić information content (AvgIpc) is 3.25. The normalized spacial score (nSPS) is 12.9. The zero-order valence-corrected chi connectivity index (χ0v) is 16.9. The molecule has 0 unspecified atom stereocenters. The summed E-state index contributed by atoms with van der Waals surface area (Å²) in [5.74, 6) is 0.249.